The van der Waals surface area contributed by atoms with Gasteiger partial charge in [0.2, 0.25) is 0 Å². The van der Waals surface area contributed by atoms with Crippen LogP contribution in [0.2, 0.25) is 0 Å². The van der Waals surface area contributed by atoms with E-state index in [-0.39, 0.29) is 0 Å². The van der Waals surface area contributed by atoms with Crippen molar-refractivity contribution in [1.29, 1.82) is 0 Å². The highest BCUT2D eigenvalue weighted by Crippen LogP contribution is 2.43. The fourth-order valence-electron chi connectivity index (χ4n) is 8.72. The fraction of sp³-hybridized carbons (Fsp3) is 0.0426. The van der Waals surface area contributed by atoms with Crippen molar-refractivity contribution in [2.75, 3.05) is 0 Å². The number of pyridine rings is 1. The lowest BCUT2D eigenvalue weighted by Gasteiger charge is -2.16. The normalized spacial score (nSPS) is 12.4. The van der Waals surface area contributed by atoms with E-state index in [4.69, 9.17) is 4.98 Å². The highest BCUT2D eigenvalue weighted by atomic mass is 15.1. The van der Waals surface area contributed by atoms with Crippen LogP contribution in [-0.4, -0.2) is 18.5 Å². The van der Waals surface area contributed by atoms with Crippen molar-refractivity contribution in [1.82, 2.24) is 18.5 Å². The Bertz CT molecular complexity index is 3260. The monoisotopic (exact) mass is 652 g/mol. The Hall–Kier alpha value is -6.65. The molecule has 0 N–H and O–H groups in total. The molecule has 0 unspecified atom stereocenters. The number of allylic oxidation sites excluding steroid dienone is 1. The molecule has 240 valence electrons. The van der Waals surface area contributed by atoms with Gasteiger partial charge in [0, 0.05) is 49.4 Å². The molecule has 0 spiro atoms. The van der Waals surface area contributed by atoms with Gasteiger partial charge in [-0.3, -0.25) is 4.40 Å². The third-order valence-corrected chi connectivity index (χ3v) is 10.9. The number of aromatic nitrogens is 4. The first-order valence-electron chi connectivity index (χ1n) is 17.6. The molecule has 0 radical (unpaired) electrons. The van der Waals surface area contributed by atoms with E-state index in [1.54, 1.807) is 0 Å². The molecular weight excluding hydrogens is 621 g/mol. The summed E-state index contributed by atoms with van der Waals surface area (Å²) in [6, 6.07) is 53.0. The molecule has 0 aliphatic carbocycles. The molecule has 4 heterocycles. The summed E-state index contributed by atoms with van der Waals surface area (Å²) in [6.45, 7) is 4.35. The van der Waals surface area contributed by atoms with Gasteiger partial charge in [-0.1, -0.05) is 97.1 Å². The second kappa shape index (κ2) is 10.4. The Morgan fingerprint density at radius 1 is 0.510 bits per heavy atom. The summed E-state index contributed by atoms with van der Waals surface area (Å²) >= 11 is 0. The zero-order chi connectivity index (χ0) is 33.8. The predicted octanol–water partition coefficient (Wildman–Crippen LogP) is 12.3. The number of imidazole rings is 1. The molecule has 0 aliphatic heterocycles. The SMILES string of the molecule is C/C=C\c1c(C)c2ccc3c4ccccc4n(-c4ccc5c(c4)c4c6ccccc6ccc4c4nc6ccccc6n54)c3c2n1-c1ccccc1. The summed E-state index contributed by atoms with van der Waals surface area (Å²) in [6.07, 6.45) is 4.39. The maximum atomic E-state index is 5.20. The van der Waals surface area contributed by atoms with Gasteiger partial charge < -0.3 is 9.13 Å². The molecule has 4 nitrogen and oxygen atoms in total. The largest absolute Gasteiger partial charge is 0.308 e. The van der Waals surface area contributed by atoms with Gasteiger partial charge in [-0.2, -0.15) is 0 Å². The van der Waals surface area contributed by atoms with Crippen LogP contribution in [0, 0.1) is 6.92 Å². The first kappa shape index (κ1) is 28.2. The van der Waals surface area contributed by atoms with Crippen LogP contribution in [0.25, 0.3) is 99.3 Å². The van der Waals surface area contributed by atoms with Crippen LogP contribution in [0.1, 0.15) is 18.2 Å². The van der Waals surface area contributed by atoms with Crippen LogP contribution in [0.4, 0.5) is 0 Å². The smallest absolute Gasteiger partial charge is 0.146 e. The Labute approximate surface area is 293 Å². The highest BCUT2D eigenvalue weighted by Gasteiger charge is 2.23. The van der Waals surface area contributed by atoms with Crippen LogP contribution < -0.4 is 0 Å². The summed E-state index contributed by atoms with van der Waals surface area (Å²) in [4.78, 5) is 5.20. The van der Waals surface area contributed by atoms with Crippen LogP contribution in [-0.2, 0) is 0 Å². The molecule has 4 aromatic heterocycles. The predicted molar refractivity (Wildman–Crippen MR) is 216 cm³/mol. The number of para-hydroxylation sites is 4. The fourth-order valence-corrected chi connectivity index (χ4v) is 8.72. The van der Waals surface area contributed by atoms with E-state index in [9.17, 15) is 0 Å². The molecule has 4 heteroatoms. The van der Waals surface area contributed by atoms with E-state index in [2.05, 4.69) is 185 Å². The molecule has 0 amide bonds. The van der Waals surface area contributed by atoms with Crippen molar-refractivity contribution in [2.24, 2.45) is 0 Å². The Morgan fingerprint density at radius 2 is 1.22 bits per heavy atom. The van der Waals surface area contributed by atoms with Gasteiger partial charge in [0.15, 0.2) is 0 Å². The maximum Gasteiger partial charge on any atom is 0.146 e. The third-order valence-electron chi connectivity index (χ3n) is 10.9. The Balaban J connectivity index is 1.36. The van der Waals surface area contributed by atoms with E-state index in [0.29, 0.717) is 0 Å². The van der Waals surface area contributed by atoms with Crippen molar-refractivity contribution in [3.05, 3.63) is 163 Å². The van der Waals surface area contributed by atoms with Crippen molar-refractivity contribution < 1.29 is 0 Å². The molecule has 0 saturated heterocycles. The second-order valence-electron chi connectivity index (χ2n) is 13.6. The maximum absolute atomic E-state index is 5.20. The average molecular weight is 653 g/mol. The van der Waals surface area contributed by atoms with Gasteiger partial charge in [-0.25, -0.2) is 4.98 Å². The number of benzene rings is 7. The lowest BCUT2D eigenvalue weighted by molar-refractivity contribution is 1.09. The molecule has 0 fully saturated rings. The summed E-state index contributed by atoms with van der Waals surface area (Å²) < 4.78 is 7.30. The molecule has 0 saturated carbocycles. The van der Waals surface area contributed by atoms with E-state index < -0.39 is 0 Å². The summed E-state index contributed by atoms with van der Waals surface area (Å²) in [7, 11) is 0. The van der Waals surface area contributed by atoms with Crippen LogP contribution in [0.3, 0.4) is 0 Å². The number of aryl methyl sites for hydroxylation is 1. The molecule has 11 aromatic rings. The van der Waals surface area contributed by atoms with Gasteiger partial charge in [0.25, 0.3) is 0 Å². The van der Waals surface area contributed by atoms with Crippen LogP contribution in [0.5, 0.6) is 0 Å². The molecule has 0 aliphatic rings. The third kappa shape index (κ3) is 3.76. The second-order valence-corrected chi connectivity index (χ2v) is 13.6. The van der Waals surface area contributed by atoms with E-state index >= 15 is 0 Å². The summed E-state index contributed by atoms with van der Waals surface area (Å²) in [5.74, 6) is 0. The van der Waals surface area contributed by atoms with Crippen molar-refractivity contribution in [2.45, 2.75) is 13.8 Å². The number of fused-ring (bicyclic) bond motifs is 15. The van der Waals surface area contributed by atoms with Crippen LogP contribution in [0.15, 0.2) is 152 Å². The minimum Gasteiger partial charge on any atom is -0.308 e. The van der Waals surface area contributed by atoms with Gasteiger partial charge in [0.1, 0.15) is 5.65 Å². The van der Waals surface area contributed by atoms with E-state index in [1.807, 2.05) is 0 Å². The average Bonchev–Trinajstić information content (AvgIpc) is 3.83. The minimum absolute atomic E-state index is 0.989. The number of nitrogens with zero attached hydrogens (tertiary/aromatic N) is 4. The molecule has 0 atom stereocenters. The zero-order valence-electron chi connectivity index (χ0n) is 28.3. The van der Waals surface area contributed by atoms with E-state index in [1.165, 1.54) is 65.5 Å². The van der Waals surface area contributed by atoms with Gasteiger partial charge in [-0.15, -0.1) is 0 Å². The first-order chi connectivity index (χ1) is 25.2. The highest BCUT2D eigenvalue weighted by molar-refractivity contribution is 6.25. The van der Waals surface area contributed by atoms with Crippen LogP contribution >= 0.6 is 0 Å². The number of rotatable bonds is 3. The molecule has 7 aromatic carbocycles. The van der Waals surface area contributed by atoms with Crippen molar-refractivity contribution in [3.8, 4) is 11.4 Å². The Kier molecular flexibility index (Phi) is 5.77. The van der Waals surface area contributed by atoms with E-state index in [0.717, 1.165) is 39.0 Å². The summed E-state index contributed by atoms with van der Waals surface area (Å²) in [5, 5.41) is 9.80. The number of hydrogen-bond acceptors (Lipinski definition) is 1. The quantitative estimate of drug-likeness (QED) is 0.175. The molecule has 11 rings (SSSR count). The first-order valence-corrected chi connectivity index (χ1v) is 17.6. The summed E-state index contributed by atoms with van der Waals surface area (Å²) in [5.41, 5.74) is 12.6. The van der Waals surface area contributed by atoms with Crippen molar-refractivity contribution in [3.63, 3.8) is 0 Å². The number of hydrogen-bond donors (Lipinski definition) is 0. The van der Waals surface area contributed by atoms with Crippen molar-refractivity contribution >= 4 is 87.9 Å². The lowest BCUT2D eigenvalue weighted by atomic mass is 9.98. The lowest BCUT2D eigenvalue weighted by Crippen LogP contribution is -2.01. The Morgan fingerprint density at radius 3 is 2.08 bits per heavy atom. The molecular formula is C47H32N4. The topological polar surface area (TPSA) is 27.2 Å². The molecule has 51 heavy (non-hydrogen) atoms. The minimum atomic E-state index is 0.989. The van der Waals surface area contributed by atoms with Gasteiger partial charge >= 0.3 is 0 Å². The van der Waals surface area contributed by atoms with Gasteiger partial charge in [-0.05, 0) is 90.9 Å². The van der Waals surface area contributed by atoms with Gasteiger partial charge in [0.05, 0.1) is 33.1 Å². The molecule has 0 bridgehead atoms. The standard InChI is InChI=1S/C47H32N4/c1-3-13-40-29(2)33-25-26-36-35-18-9-11-20-41(35)50(46(36)45(33)49(40)31-15-5-4-6-16-31)32-23-27-42-38(28-32)44-34-17-8-7-14-30(34)22-24-37(44)47-48-39-19-10-12-21-43(39)51(42)47/h3-28H,1-2H3/b13-3-. The zero-order valence-corrected chi connectivity index (χ0v) is 28.3.